The van der Waals surface area contributed by atoms with E-state index in [1.807, 2.05) is 21.0 Å². The fourth-order valence-electron chi connectivity index (χ4n) is 2.59. The monoisotopic (exact) mass is 325 g/mol. The van der Waals surface area contributed by atoms with Gasteiger partial charge in [0.15, 0.2) is 5.96 Å². The summed E-state index contributed by atoms with van der Waals surface area (Å²) < 4.78 is 5.47. The normalized spacial score (nSPS) is 20.2. The van der Waals surface area contributed by atoms with Crippen molar-refractivity contribution in [2.75, 3.05) is 46.9 Å². The van der Waals surface area contributed by atoms with Gasteiger partial charge in [-0.3, -0.25) is 9.89 Å². The van der Waals surface area contributed by atoms with Gasteiger partial charge in [-0.1, -0.05) is 0 Å². The smallest absolute Gasteiger partial charge is 0.193 e. The second kappa shape index (κ2) is 8.45. The van der Waals surface area contributed by atoms with Crippen LogP contribution >= 0.6 is 11.3 Å². The molecule has 2 rings (SSSR count). The van der Waals surface area contributed by atoms with Gasteiger partial charge in [-0.05, 0) is 13.8 Å². The molecule has 124 valence electrons. The molecule has 7 heteroatoms. The first-order chi connectivity index (χ1) is 10.6. The highest BCUT2D eigenvalue weighted by atomic mass is 32.1. The third-order valence-corrected chi connectivity index (χ3v) is 4.65. The number of guanidine groups is 1. The molecule has 0 saturated carbocycles. The lowest BCUT2D eigenvalue weighted by molar-refractivity contribution is 0.000832. The predicted octanol–water partition coefficient (Wildman–Crippen LogP) is 1.18. The summed E-state index contributed by atoms with van der Waals surface area (Å²) >= 11 is 1.69. The minimum atomic E-state index is 0.494. The Morgan fingerprint density at radius 2 is 2.45 bits per heavy atom. The summed E-state index contributed by atoms with van der Waals surface area (Å²) in [5.74, 6) is 0.909. The average Bonchev–Trinajstić information content (AvgIpc) is 2.90. The zero-order valence-electron chi connectivity index (χ0n) is 14.0. The van der Waals surface area contributed by atoms with E-state index in [1.54, 1.807) is 11.3 Å². The molecule has 1 saturated heterocycles. The van der Waals surface area contributed by atoms with Crippen LogP contribution in [-0.2, 0) is 11.3 Å². The lowest BCUT2D eigenvalue weighted by Crippen LogP contribution is -2.48. The Labute approximate surface area is 137 Å². The molecule has 1 aliphatic heterocycles. The van der Waals surface area contributed by atoms with Crippen molar-refractivity contribution in [3.05, 3.63) is 16.1 Å². The highest BCUT2D eigenvalue weighted by molar-refractivity contribution is 7.09. The van der Waals surface area contributed by atoms with Gasteiger partial charge in [0.1, 0.15) is 0 Å². The Morgan fingerprint density at radius 1 is 1.64 bits per heavy atom. The van der Waals surface area contributed by atoms with Gasteiger partial charge in [0.05, 0.1) is 30.5 Å². The first kappa shape index (κ1) is 17.2. The molecule has 0 spiro atoms. The van der Waals surface area contributed by atoms with E-state index < -0.39 is 0 Å². The molecule has 0 aromatic carbocycles. The van der Waals surface area contributed by atoms with Crippen molar-refractivity contribution < 1.29 is 4.74 Å². The van der Waals surface area contributed by atoms with Crippen LogP contribution in [0.4, 0.5) is 0 Å². The van der Waals surface area contributed by atoms with Crippen LogP contribution in [0.25, 0.3) is 0 Å². The van der Waals surface area contributed by atoms with Gasteiger partial charge in [-0.2, -0.15) is 0 Å². The van der Waals surface area contributed by atoms with Crippen molar-refractivity contribution in [1.82, 2.24) is 20.1 Å². The van der Waals surface area contributed by atoms with Crippen LogP contribution in [0.15, 0.2) is 10.4 Å². The third-order valence-electron chi connectivity index (χ3n) is 3.83. The van der Waals surface area contributed by atoms with Crippen LogP contribution < -0.4 is 5.32 Å². The van der Waals surface area contributed by atoms with E-state index in [2.05, 4.69) is 37.4 Å². The number of aliphatic imine (C=N–C) groups is 1. The second-order valence-corrected chi connectivity index (χ2v) is 6.71. The van der Waals surface area contributed by atoms with Crippen LogP contribution in [0.1, 0.15) is 17.6 Å². The number of nitrogens with zero attached hydrogens (tertiary/aromatic N) is 4. The molecular formula is C15H27N5OS. The molecule has 1 fully saturated rings. The maximum absolute atomic E-state index is 5.47. The summed E-state index contributed by atoms with van der Waals surface area (Å²) in [5, 5.41) is 6.64. The number of aryl methyl sites for hydroxylation is 1. The molecule has 1 aliphatic rings. The summed E-state index contributed by atoms with van der Waals surface area (Å²) in [6.45, 7) is 9.59. The molecule has 0 aliphatic carbocycles. The third kappa shape index (κ3) is 4.93. The van der Waals surface area contributed by atoms with Crippen molar-refractivity contribution >= 4 is 17.3 Å². The molecule has 1 atom stereocenters. The van der Waals surface area contributed by atoms with E-state index in [0.717, 1.165) is 56.1 Å². The summed E-state index contributed by atoms with van der Waals surface area (Å²) in [4.78, 5) is 13.4. The minimum absolute atomic E-state index is 0.494. The fourth-order valence-corrected chi connectivity index (χ4v) is 3.19. The number of aromatic nitrogens is 1. The topological polar surface area (TPSA) is 53.0 Å². The number of nitrogens with one attached hydrogen (secondary N) is 1. The van der Waals surface area contributed by atoms with E-state index in [1.165, 1.54) is 0 Å². The standard InChI is InChI=1S/C15H27N5OS/c1-12-10-21-8-7-20(12)6-5-17-15(16-3)19(4)9-14-11-22-13(2)18-14/h11-12H,5-10H2,1-4H3,(H,16,17). The quantitative estimate of drug-likeness (QED) is 0.651. The zero-order valence-corrected chi connectivity index (χ0v) is 14.8. The van der Waals surface area contributed by atoms with Gasteiger partial charge in [-0.25, -0.2) is 4.98 Å². The fraction of sp³-hybridized carbons (Fsp3) is 0.733. The molecule has 22 heavy (non-hydrogen) atoms. The van der Waals surface area contributed by atoms with Crippen LogP contribution in [0.2, 0.25) is 0 Å². The molecule has 6 nitrogen and oxygen atoms in total. The van der Waals surface area contributed by atoms with Crippen molar-refractivity contribution in [3.8, 4) is 0 Å². The van der Waals surface area contributed by atoms with E-state index in [-0.39, 0.29) is 0 Å². The Hall–Kier alpha value is -1.18. The van der Waals surface area contributed by atoms with E-state index in [9.17, 15) is 0 Å². The Balaban J connectivity index is 1.76. The predicted molar refractivity (Wildman–Crippen MR) is 91.5 cm³/mol. The molecule has 1 aromatic rings. The lowest BCUT2D eigenvalue weighted by Gasteiger charge is -2.33. The minimum Gasteiger partial charge on any atom is -0.379 e. The SMILES string of the molecule is CN=C(NCCN1CCOCC1C)N(C)Cc1csc(C)n1. The molecular weight excluding hydrogens is 298 g/mol. The molecule has 1 unspecified atom stereocenters. The Bertz CT molecular complexity index is 490. The van der Waals surface area contributed by atoms with Gasteiger partial charge < -0.3 is 15.0 Å². The maximum Gasteiger partial charge on any atom is 0.193 e. The number of hydrogen-bond donors (Lipinski definition) is 1. The number of rotatable bonds is 5. The number of morpholine rings is 1. The van der Waals surface area contributed by atoms with Gasteiger partial charge >= 0.3 is 0 Å². The molecule has 1 N–H and O–H groups in total. The van der Waals surface area contributed by atoms with E-state index >= 15 is 0 Å². The first-order valence-electron chi connectivity index (χ1n) is 7.74. The van der Waals surface area contributed by atoms with Gasteiger partial charge in [0.2, 0.25) is 0 Å². The number of hydrogen-bond acceptors (Lipinski definition) is 5. The summed E-state index contributed by atoms with van der Waals surface area (Å²) in [6, 6.07) is 0.494. The van der Waals surface area contributed by atoms with Crippen molar-refractivity contribution in [3.63, 3.8) is 0 Å². The van der Waals surface area contributed by atoms with Gasteiger partial charge in [0.25, 0.3) is 0 Å². The maximum atomic E-state index is 5.47. The van der Waals surface area contributed by atoms with Crippen LogP contribution in [0.5, 0.6) is 0 Å². The molecule has 1 aromatic heterocycles. The van der Waals surface area contributed by atoms with Crippen LogP contribution in [-0.4, -0.2) is 73.7 Å². The molecule has 0 amide bonds. The summed E-state index contributed by atoms with van der Waals surface area (Å²) in [5.41, 5.74) is 1.09. The first-order valence-corrected chi connectivity index (χ1v) is 8.62. The highest BCUT2D eigenvalue weighted by Gasteiger charge is 2.18. The largest absolute Gasteiger partial charge is 0.379 e. The molecule has 2 heterocycles. The van der Waals surface area contributed by atoms with Gasteiger partial charge in [-0.15, -0.1) is 11.3 Å². The van der Waals surface area contributed by atoms with Crippen molar-refractivity contribution in [1.29, 1.82) is 0 Å². The number of thiazole rings is 1. The van der Waals surface area contributed by atoms with Crippen LogP contribution in [0, 0.1) is 6.92 Å². The lowest BCUT2D eigenvalue weighted by atomic mass is 10.2. The van der Waals surface area contributed by atoms with Gasteiger partial charge in [0, 0.05) is 45.2 Å². The zero-order chi connectivity index (χ0) is 15.9. The van der Waals surface area contributed by atoms with E-state index in [0.29, 0.717) is 6.04 Å². The number of ether oxygens (including phenoxy) is 1. The molecule has 0 radical (unpaired) electrons. The van der Waals surface area contributed by atoms with E-state index in [4.69, 9.17) is 4.74 Å². The molecule has 0 bridgehead atoms. The van der Waals surface area contributed by atoms with Crippen LogP contribution in [0.3, 0.4) is 0 Å². The Kier molecular flexibility index (Phi) is 6.60. The highest BCUT2D eigenvalue weighted by Crippen LogP contribution is 2.09. The summed E-state index contributed by atoms with van der Waals surface area (Å²) in [7, 11) is 3.86. The van der Waals surface area contributed by atoms with Crippen molar-refractivity contribution in [2.45, 2.75) is 26.4 Å². The summed E-state index contributed by atoms with van der Waals surface area (Å²) in [6.07, 6.45) is 0. The average molecular weight is 325 g/mol. The Morgan fingerprint density at radius 3 is 3.09 bits per heavy atom. The van der Waals surface area contributed by atoms with Crippen molar-refractivity contribution in [2.24, 2.45) is 4.99 Å². The second-order valence-electron chi connectivity index (χ2n) is 5.65.